The Labute approximate surface area is 172 Å². The van der Waals surface area contributed by atoms with Gasteiger partial charge < -0.3 is 4.57 Å². The highest BCUT2D eigenvalue weighted by atomic mass is 32.1. The molecule has 0 unspecified atom stereocenters. The summed E-state index contributed by atoms with van der Waals surface area (Å²) >= 11 is 1.22. The lowest BCUT2D eigenvalue weighted by Gasteiger charge is -2.08. The van der Waals surface area contributed by atoms with Crippen molar-refractivity contribution in [2.75, 3.05) is 0 Å². The van der Waals surface area contributed by atoms with Crippen molar-refractivity contribution in [1.29, 1.82) is 0 Å². The second kappa shape index (κ2) is 7.41. The summed E-state index contributed by atoms with van der Waals surface area (Å²) in [6.45, 7) is 2.00. The summed E-state index contributed by atoms with van der Waals surface area (Å²) < 4.78 is 10.7. The topological polar surface area (TPSA) is 56.5 Å². The van der Waals surface area contributed by atoms with Gasteiger partial charge >= 0.3 is 0 Å². The van der Waals surface area contributed by atoms with Gasteiger partial charge in [-0.05, 0) is 42.8 Å². The molecule has 140 valence electrons. The van der Waals surface area contributed by atoms with Gasteiger partial charge in [-0.25, -0.2) is 4.98 Å². The van der Waals surface area contributed by atoms with Gasteiger partial charge in [-0.1, -0.05) is 42.5 Å². The highest BCUT2D eigenvalue weighted by Gasteiger charge is 2.16. The fourth-order valence-corrected chi connectivity index (χ4v) is 3.79. The van der Waals surface area contributed by atoms with Crippen LogP contribution in [0, 0.1) is 6.92 Å². The third kappa shape index (κ3) is 3.46. The molecule has 6 heteroatoms. The van der Waals surface area contributed by atoms with E-state index in [2.05, 4.69) is 27.0 Å². The van der Waals surface area contributed by atoms with Gasteiger partial charge in [-0.15, -0.1) is 0 Å². The van der Waals surface area contributed by atoms with Gasteiger partial charge in [-0.2, -0.15) is 8.75 Å². The lowest BCUT2D eigenvalue weighted by atomic mass is 10.1. The number of benzene rings is 2. The first-order chi connectivity index (χ1) is 14.3. The van der Waals surface area contributed by atoms with Crippen molar-refractivity contribution < 1.29 is 0 Å². The standard InChI is InChI=1S/C23H17N5S/c1-16-6-5-9-20(25-16)23-22(18-10-11-19-21(14-18)27-29-26-19)24-15-28(23)13-12-17-7-3-2-4-8-17/h2-15H,1H3/b13-12+. The van der Waals surface area contributed by atoms with Crippen molar-refractivity contribution >= 4 is 35.0 Å². The van der Waals surface area contributed by atoms with E-state index in [0.29, 0.717) is 0 Å². The molecule has 0 saturated carbocycles. The number of aromatic nitrogens is 5. The maximum absolute atomic E-state index is 4.75. The van der Waals surface area contributed by atoms with E-state index in [4.69, 9.17) is 9.97 Å². The molecule has 0 saturated heterocycles. The third-order valence-corrected chi connectivity index (χ3v) is 5.24. The SMILES string of the molecule is Cc1cccc(-c2c(-c3ccc4nsnc4c3)ncn2/C=C/c2ccccc2)n1. The van der Waals surface area contributed by atoms with Crippen LogP contribution < -0.4 is 0 Å². The Hall–Kier alpha value is -3.64. The summed E-state index contributed by atoms with van der Waals surface area (Å²) in [5, 5.41) is 0. The van der Waals surface area contributed by atoms with Gasteiger partial charge in [0, 0.05) is 17.5 Å². The lowest BCUT2D eigenvalue weighted by Crippen LogP contribution is -1.94. The zero-order valence-electron chi connectivity index (χ0n) is 15.7. The molecule has 0 spiro atoms. The summed E-state index contributed by atoms with van der Waals surface area (Å²) in [7, 11) is 0. The average molecular weight is 395 g/mol. The first kappa shape index (κ1) is 17.5. The lowest BCUT2D eigenvalue weighted by molar-refractivity contribution is 1.11. The van der Waals surface area contributed by atoms with Crippen molar-refractivity contribution in [3.8, 4) is 22.6 Å². The summed E-state index contributed by atoms with van der Waals surface area (Å²) in [5.74, 6) is 0. The molecule has 5 rings (SSSR count). The Morgan fingerprint density at radius 2 is 1.76 bits per heavy atom. The highest BCUT2D eigenvalue weighted by molar-refractivity contribution is 7.00. The molecule has 3 aromatic heterocycles. The van der Waals surface area contributed by atoms with Crippen molar-refractivity contribution in [2.45, 2.75) is 6.92 Å². The van der Waals surface area contributed by atoms with E-state index < -0.39 is 0 Å². The predicted molar refractivity (Wildman–Crippen MR) is 118 cm³/mol. The number of fused-ring (bicyclic) bond motifs is 1. The van der Waals surface area contributed by atoms with Gasteiger partial charge in [0.1, 0.15) is 11.0 Å². The fourth-order valence-electron chi connectivity index (χ4n) is 3.27. The van der Waals surface area contributed by atoms with Gasteiger partial charge in [0.25, 0.3) is 0 Å². The number of pyridine rings is 1. The van der Waals surface area contributed by atoms with E-state index >= 15 is 0 Å². The second-order valence-electron chi connectivity index (χ2n) is 6.71. The van der Waals surface area contributed by atoms with Crippen LogP contribution in [0.5, 0.6) is 0 Å². The Bertz CT molecular complexity index is 1320. The first-order valence-corrected chi connectivity index (χ1v) is 9.98. The van der Waals surface area contributed by atoms with Crippen LogP contribution in [0.4, 0.5) is 0 Å². The molecule has 0 amide bonds. The second-order valence-corrected chi connectivity index (χ2v) is 7.24. The Morgan fingerprint density at radius 1 is 0.897 bits per heavy atom. The van der Waals surface area contributed by atoms with Crippen LogP contribution in [0.25, 0.3) is 46.0 Å². The maximum Gasteiger partial charge on any atom is 0.105 e. The number of aryl methyl sites for hydroxylation is 1. The van der Waals surface area contributed by atoms with Crippen molar-refractivity contribution in [3.63, 3.8) is 0 Å². The molecule has 5 aromatic rings. The number of rotatable bonds is 4. The molecule has 0 aliphatic heterocycles. The average Bonchev–Trinajstić information content (AvgIpc) is 3.39. The van der Waals surface area contributed by atoms with E-state index in [9.17, 15) is 0 Å². The van der Waals surface area contributed by atoms with Crippen LogP contribution in [0.2, 0.25) is 0 Å². The zero-order chi connectivity index (χ0) is 19.6. The van der Waals surface area contributed by atoms with E-state index in [1.165, 1.54) is 11.7 Å². The van der Waals surface area contributed by atoms with Crippen LogP contribution >= 0.6 is 11.7 Å². The minimum atomic E-state index is 0.871. The summed E-state index contributed by atoms with van der Waals surface area (Å²) in [6, 6.07) is 22.3. The van der Waals surface area contributed by atoms with Gasteiger partial charge in [0.15, 0.2) is 0 Å². The molecule has 29 heavy (non-hydrogen) atoms. The van der Waals surface area contributed by atoms with Crippen molar-refractivity contribution in [1.82, 2.24) is 23.3 Å². The Morgan fingerprint density at radius 3 is 2.62 bits per heavy atom. The van der Waals surface area contributed by atoms with Crippen LogP contribution in [0.15, 0.2) is 73.1 Å². The molecule has 2 aromatic carbocycles. The molecule has 0 radical (unpaired) electrons. The molecule has 3 heterocycles. The highest BCUT2D eigenvalue weighted by Crippen LogP contribution is 2.32. The van der Waals surface area contributed by atoms with Crippen molar-refractivity contribution in [2.24, 2.45) is 0 Å². The number of nitrogens with zero attached hydrogens (tertiary/aromatic N) is 5. The molecule has 0 bridgehead atoms. The molecular weight excluding hydrogens is 378 g/mol. The molecule has 0 fully saturated rings. The van der Waals surface area contributed by atoms with Crippen LogP contribution in [-0.2, 0) is 0 Å². The summed E-state index contributed by atoms with van der Waals surface area (Å²) in [6.07, 6.45) is 5.92. The molecule has 0 aliphatic carbocycles. The van der Waals surface area contributed by atoms with Gasteiger partial charge in [-0.3, -0.25) is 4.98 Å². The largest absolute Gasteiger partial charge is 0.304 e. The molecule has 0 N–H and O–H groups in total. The van der Waals surface area contributed by atoms with E-state index in [0.717, 1.165) is 44.9 Å². The van der Waals surface area contributed by atoms with E-state index in [1.807, 2.05) is 78.6 Å². The van der Waals surface area contributed by atoms with Gasteiger partial charge in [0.05, 0.1) is 35.1 Å². The molecular formula is C23H17N5S. The monoisotopic (exact) mass is 395 g/mol. The van der Waals surface area contributed by atoms with Crippen molar-refractivity contribution in [3.05, 3.63) is 84.3 Å². The van der Waals surface area contributed by atoms with E-state index in [-0.39, 0.29) is 0 Å². The fraction of sp³-hybridized carbons (Fsp3) is 0.0435. The Kier molecular flexibility index (Phi) is 4.46. The minimum Gasteiger partial charge on any atom is -0.304 e. The minimum absolute atomic E-state index is 0.871. The first-order valence-electron chi connectivity index (χ1n) is 9.25. The smallest absolute Gasteiger partial charge is 0.105 e. The third-order valence-electron chi connectivity index (χ3n) is 4.68. The van der Waals surface area contributed by atoms with Crippen LogP contribution in [0.3, 0.4) is 0 Å². The summed E-state index contributed by atoms with van der Waals surface area (Å²) in [4.78, 5) is 9.47. The zero-order valence-corrected chi connectivity index (χ0v) is 16.5. The van der Waals surface area contributed by atoms with E-state index in [1.54, 1.807) is 0 Å². The normalized spacial score (nSPS) is 11.5. The number of imidazole rings is 1. The predicted octanol–water partition coefficient (Wildman–Crippen LogP) is 5.55. The number of hydrogen-bond acceptors (Lipinski definition) is 5. The molecule has 0 atom stereocenters. The molecule has 5 nitrogen and oxygen atoms in total. The van der Waals surface area contributed by atoms with Crippen LogP contribution in [0.1, 0.15) is 11.3 Å². The summed E-state index contributed by atoms with van der Waals surface area (Å²) in [5.41, 5.74) is 7.57. The Balaban J connectivity index is 1.66. The number of hydrogen-bond donors (Lipinski definition) is 0. The quantitative estimate of drug-likeness (QED) is 0.400. The van der Waals surface area contributed by atoms with Gasteiger partial charge in [0.2, 0.25) is 0 Å². The molecule has 0 aliphatic rings. The van der Waals surface area contributed by atoms with Crippen LogP contribution in [-0.4, -0.2) is 23.3 Å². The maximum atomic E-state index is 4.75.